The van der Waals surface area contributed by atoms with Gasteiger partial charge in [0.1, 0.15) is 0 Å². The molecule has 0 aromatic carbocycles. The average Bonchev–Trinajstić information content (AvgIpc) is 3.20. The minimum absolute atomic E-state index is 0.217. The number of carbonyl (C=O) groups is 1. The van der Waals surface area contributed by atoms with Gasteiger partial charge in [-0.15, -0.1) is 0 Å². The molecule has 2 aromatic heterocycles. The quantitative estimate of drug-likeness (QED) is 0.823. The lowest BCUT2D eigenvalue weighted by Crippen LogP contribution is -2.37. The molecular weight excluding hydrogens is 262 g/mol. The number of rotatable bonds is 5. The van der Waals surface area contributed by atoms with Crippen LogP contribution in [0, 0.1) is 0 Å². The summed E-state index contributed by atoms with van der Waals surface area (Å²) in [5.41, 5.74) is 3.22. The summed E-state index contributed by atoms with van der Waals surface area (Å²) in [6.07, 6.45) is 3.29. The van der Waals surface area contributed by atoms with E-state index in [0.29, 0.717) is 31.2 Å². The predicted octanol–water partition coefficient (Wildman–Crippen LogP) is 0.470. The zero-order chi connectivity index (χ0) is 13.8. The van der Waals surface area contributed by atoms with Gasteiger partial charge in [0.05, 0.1) is 19.4 Å². The highest BCUT2D eigenvalue weighted by molar-refractivity contribution is 5.92. The van der Waals surface area contributed by atoms with Crippen LogP contribution >= 0.6 is 0 Å². The number of nitrogens with one attached hydrogen (secondary N) is 2. The molecule has 0 aliphatic carbocycles. The number of nitrogens with zero attached hydrogens (tertiary/aromatic N) is 3. The van der Waals surface area contributed by atoms with Crippen molar-refractivity contribution in [3.8, 4) is 11.5 Å². The van der Waals surface area contributed by atoms with Gasteiger partial charge in [-0.25, -0.2) is 10.5 Å². The summed E-state index contributed by atoms with van der Waals surface area (Å²) in [7, 11) is 0. The van der Waals surface area contributed by atoms with E-state index in [-0.39, 0.29) is 11.6 Å². The molecule has 20 heavy (non-hydrogen) atoms. The van der Waals surface area contributed by atoms with E-state index in [1.807, 2.05) is 0 Å². The van der Waals surface area contributed by atoms with E-state index in [4.69, 9.17) is 8.94 Å². The molecule has 8 nitrogen and oxygen atoms in total. The molecule has 0 fully saturated rings. The Hall–Kier alpha value is -2.61. The zero-order valence-electron chi connectivity index (χ0n) is 10.6. The molecule has 3 heterocycles. The molecule has 0 saturated heterocycles. The second-order valence-corrected chi connectivity index (χ2v) is 4.09. The minimum Gasteiger partial charge on any atom is -0.461 e. The fourth-order valence-electron chi connectivity index (χ4n) is 1.75. The van der Waals surface area contributed by atoms with Gasteiger partial charge < -0.3 is 14.3 Å². The second-order valence-electron chi connectivity index (χ2n) is 4.09. The number of hydrogen-bond donors (Lipinski definition) is 2. The highest BCUT2D eigenvalue weighted by Crippen LogP contribution is 2.20. The summed E-state index contributed by atoms with van der Waals surface area (Å²) in [4.78, 5) is 11.9. The van der Waals surface area contributed by atoms with Crippen LogP contribution in [0.4, 0.5) is 0 Å². The molecular formula is C12H13N5O3. The number of aromatic nitrogens is 1. The molecule has 8 heteroatoms. The smallest absolute Gasteiger partial charge is 0.273 e. The molecule has 1 aliphatic heterocycles. The standard InChI is InChI=1S/C12H13N5O3/c18-12(13-5-6-17-14-3-4-15-17)9-8-11(20-16-9)10-2-1-7-19-10/h1-3,7-8,15H,4-6H2,(H,13,18). The van der Waals surface area contributed by atoms with Gasteiger partial charge in [-0.05, 0) is 12.1 Å². The summed E-state index contributed by atoms with van der Waals surface area (Å²) >= 11 is 0. The molecule has 0 unspecified atom stereocenters. The lowest BCUT2D eigenvalue weighted by atomic mass is 10.3. The third kappa shape index (κ3) is 2.69. The van der Waals surface area contributed by atoms with Gasteiger partial charge in [0, 0.05) is 18.8 Å². The Bertz CT molecular complexity index is 604. The van der Waals surface area contributed by atoms with Crippen molar-refractivity contribution in [2.45, 2.75) is 0 Å². The number of amides is 1. The van der Waals surface area contributed by atoms with E-state index < -0.39 is 0 Å². The Morgan fingerprint density at radius 2 is 2.45 bits per heavy atom. The summed E-state index contributed by atoms with van der Waals surface area (Å²) in [6.45, 7) is 1.74. The molecule has 0 bridgehead atoms. The van der Waals surface area contributed by atoms with E-state index in [1.54, 1.807) is 29.5 Å². The Morgan fingerprint density at radius 3 is 3.20 bits per heavy atom. The predicted molar refractivity (Wildman–Crippen MR) is 69.7 cm³/mol. The molecule has 2 aromatic rings. The monoisotopic (exact) mass is 275 g/mol. The van der Waals surface area contributed by atoms with Crippen LogP contribution in [0.15, 0.2) is 38.5 Å². The highest BCUT2D eigenvalue weighted by atomic mass is 16.5. The largest absolute Gasteiger partial charge is 0.461 e. The van der Waals surface area contributed by atoms with Crippen molar-refractivity contribution in [3.63, 3.8) is 0 Å². The topological polar surface area (TPSA) is 95.9 Å². The van der Waals surface area contributed by atoms with E-state index >= 15 is 0 Å². The van der Waals surface area contributed by atoms with Crippen LogP contribution in [0.3, 0.4) is 0 Å². The van der Waals surface area contributed by atoms with Crippen molar-refractivity contribution in [2.24, 2.45) is 5.10 Å². The molecule has 0 saturated carbocycles. The zero-order valence-corrected chi connectivity index (χ0v) is 10.6. The van der Waals surface area contributed by atoms with Gasteiger partial charge in [0.25, 0.3) is 5.91 Å². The van der Waals surface area contributed by atoms with Crippen molar-refractivity contribution in [3.05, 3.63) is 30.2 Å². The van der Waals surface area contributed by atoms with Gasteiger partial charge in [-0.3, -0.25) is 4.79 Å². The maximum Gasteiger partial charge on any atom is 0.273 e. The van der Waals surface area contributed by atoms with Crippen LogP contribution in [-0.2, 0) is 0 Å². The number of furan rings is 1. The Balaban J connectivity index is 1.53. The van der Waals surface area contributed by atoms with Crippen molar-refractivity contribution in [1.82, 2.24) is 21.0 Å². The summed E-state index contributed by atoms with van der Waals surface area (Å²) in [5.74, 6) is 0.660. The van der Waals surface area contributed by atoms with Crippen LogP contribution in [0.2, 0.25) is 0 Å². The Labute approximate surface area is 114 Å². The summed E-state index contributed by atoms with van der Waals surface area (Å²) in [6, 6.07) is 5.01. The van der Waals surface area contributed by atoms with Gasteiger partial charge in [-0.2, -0.15) is 5.10 Å². The number of hydrazone groups is 1. The SMILES string of the molecule is O=C(NCCN1N=CCN1)c1cc(-c2ccco2)on1. The van der Waals surface area contributed by atoms with Crippen molar-refractivity contribution < 1.29 is 13.7 Å². The minimum atomic E-state index is -0.297. The van der Waals surface area contributed by atoms with E-state index in [2.05, 4.69) is 21.0 Å². The fraction of sp³-hybridized carbons (Fsp3) is 0.250. The molecule has 0 atom stereocenters. The first kappa shape index (κ1) is 12.4. The summed E-state index contributed by atoms with van der Waals surface area (Å²) < 4.78 is 10.2. The van der Waals surface area contributed by atoms with Gasteiger partial charge in [0.2, 0.25) is 5.76 Å². The molecule has 1 amide bonds. The first-order valence-corrected chi connectivity index (χ1v) is 6.15. The lowest BCUT2D eigenvalue weighted by molar-refractivity contribution is 0.0936. The second kappa shape index (κ2) is 5.57. The van der Waals surface area contributed by atoms with Crippen LogP contribution < -0.4 is 10.7 Å². The van der Waals surface area contributed by atoms with Crippen molar-refractivity contribution in [1.29, 1.82) is 0 Å². The van der Waals surface area contributed by atoms with Crippen LogP contribution in [-0.4, -0.2) is 42.0 Å². The van der Waals surface area contributed by atoms with Gasteiger partial charge in [-0.1, -0.05) is 5.16 Å². The first-order valence-electron chi connectivity index (χ1n) is 6.15. The summed E-state index contributed by atoms with van der Waals surface area (Å²) in [5, 5.41) is 12.2. The molecule has 3 rings (SSSR count). The number of hydrazine groups is 1. The van der Waals surface area contributed by atoms with Crippen molar-refractivity contribution >= 4 is 12.1 Å². The number of carbonyl (C=O) groups excluding carboxylic acids is 1. The Kier molecular flexibility index (Phi) is 3.46. The molecule has 0 radical (unpaired) electrons. The van der Waals surface area contributed by atoms with Gasteiger partial charge >= 0.3 is 0 Å². The third-order valence-corrected chi connectivity index (χ3v) is 2.70. The molecule has 0 spiro atoms. The van der Waals surface area contributed by atoms with E-state index in [9.17, 15) is 4.79 Å². The Morgan fingerprint density at radius 1 is 1.50 bits per heavy atom. The highest BCUT2D eigenvalue weighted by Gasteiger charge is 2.15. The third-order valence-electron chi connectivity index (χ3n) is 2.70. The molecule has 1 aliphatic rings. The lowest BCUT2D eigenvalue weighted by Gasteiger charge is -2.13. The van der Waals surface area contributed by atoms with E-state index in [0.717, 1.165) is 0 Å². The number of hydrogen-bond acceptors (Lipinski definition) is 7. The van der Waals surface area contributed by atoms with Gasteiger partial charge in [0.15, 0.2) is 11.5 Å². The van der Waals surface area contributed by atoms with E-state index in [1.165, 1.54) is 6.26 Å². The van der Waals surface area contributed by atoms with Crippen LogP contribution in [0.5, 0.6) is 0 Å². The average molecular weight is 275 g/mol. The maximum atomic E-state index is 11.9. The molecule has 104 valence electrons. The first-order chi connectivity index (χ1) is 9.83. The molecule has 2 N–H and O–H groups in total. The van der Waals surface area contributed by atoms with Crippen molar-refractivity contribution in [2.75, 3.05) is 19.6 Å². The maximum absolute atomic E-state index is 11.9. The van der Waals surface area contributed by atoms with Crippen LogP contribution in [0.25, 0.3) is 11.5 Å². The fourth-order valence-corrected chi connectivity index (χ4v) is 1.75. The van der Waals surface area contributed by atoms with Crippen LogP contribution in [0.1, 0.15) is 10.5 Å². The normalized spacial score (nSPS) is 13.9.